The molecule has 1 atom stereocenters. The summed E-state index contributed by atoms with van der Waals surface area (Å²) in [6.45, 7) is 3.12. The molecule has 0 bridgehead atoms. The van der Waals surface area contributed by atoms with Crippen LogP contribution in [0.25, 0.3) is 0 Å². The molecular formula is C19H31IN4O2. The molecule has 1 fully saturated rings. The minimum atomic E-state index is -0.0189. The van der Waals surface area contributed by atoms with Crippen molar-refractivity contribution in [2.75, 3.05) is 40.3 Å². The van der Waals surface area contributed by atoms with Crippen molar-refractivity contribution >= 4 is 29.9 Å². The van der Waals surface area contributed by atoms with E-state index in [-0.39, 0.29) is 30.1 Å². The van der Waals surface area contributed by atoms with Crippen LogP contribution < -0.4 is 20.1 Å². The Labute approximate surface area is 173 Å². The summed E-state index contributed by atoms with van der Waals surface area (Å²) in [6.07, 6.45) is 5.40. The predicted octanol–water partition coefficient (Wildman–Crippen LogP) is 2.48. The van der Waals surface area contributed by atoms with Crippen LogP contribution in [0.5, 0.6) is 11.5 Å². The van der Waals surface area contributed by atoms with Crippen LogP contribution in [0.2, 0.25) is 0 Å². The first-order valence-corrected chi connectivity index (χ1v) is 9.29. The first kappa shape index (κ1) is 21.1. The van der Waals surface area contributed by atoms with Gasteiger partial charge in [0.1, 0.15) is 12.7 Å². The second kappa shape index (κ2) is 10.8. The van der Waals surface area contributed by atoms with Gasteiger partial charge < -0.3 is 25.0 Å². The van der Waals surface area contributed by atoms with E-state index in [0.717, 1.165) is 36.6 Å². The average molecular weight is 474 g/mol. The summed E-state index contributed by atoms with van der Waals surface area (Å²) in [5.74, 6) is 2.43. The molecule has 0 spiro atoms. The maximum atomic E-state index is 5.96. The van der Waals surface area contributed by atoms with Gasteiger partial charge in [0.2, 0.25) is 0 Å². The minimum Gasteiger partial charge on any atom is -0.486 e. The average Bonchev–Trinajstić information content (AvgIpc) is 3.19. The number of hydrogen-bond acceptors (Lipinski definition) is 4. The van der Waals surface area contributed by atoms with Gasteiger partial charge >= 0.3 is 0 Å². The SMILES string of the molecule is CN=C(NCCN(C)C1CCCC1)NCC1COc2ccccc2O1.I. The number of nitrogens with one attached hydrogen (secondary N) is 2. The van der Waals surface area contributed by atoms with Gasteiger partial charge in [-0.15, -0.1) is 24.0 Å². The summed E-state index contributed by atoms with van der Waals surface area (Å²) < 4.78 is 11.7. The topological polar surface area (TPSA) is 58.1 Å². The molecule has 26 heavy (non-hydrogen) atoms. The van der Waals surface area contributed by atoms with Crippen molar-refractivity contribution in [1.29, 1.82) is 0 Å². The molecule has 0 aromatic heterocycles. The second-order valence-electron chi connectivity index (χ2n) is 6.80. The highest BCUT2D eigenvalue weighted by molar-refractivity contribution is 14.0. The van der Waals surface area contributed by atoms with E-state index in [2.05, 4.69) is 27.6 Å². The highest BCUT2D eigenvalue weighted by atomic mass is 127. The first-order valence-electron chi connectivity index (χ1n) is 9.29. The summed E-state index contributed by atoms with van der Waals surface area (Å²) >= 11 is 0. The normalized spacial score (nSPS) is 20.0. The van der Waals surface area contributed by atoms with E-state index >= 15 is 0 Å². The third kappa shape index (κ3) is 5.90. The molecule has 1 aliphatic carbocycles. The molecule has 146 valence electrons. The second-order valence-corrected chi connectivity index (χ2v) is 6.80. The van der Waals surface area contributed by atoms with Gasteiger partial charge in [-0.3, -0.25) is 4.99 Å². The number of ether oxygens (including phenoxy) is 2. The summed E-state index contributed by atoms with van der Waals surface area (Å²) in [6, 6.07) is 8.53. The van der Waals surface area contributed by atoms with E-state index in [1.54, 1.807) is 7.05 Å². The molecule has 1 saturated carbocycles. The lowest BCUT2D eigenvalue weighted by Crippen LogP contribution is -2.47. The smallest absolute Gasteiger partial charge is 0.191 e. The highest BCUT2D eigenvalue weighted by Gasteiger charge is 2.21. The fourth-order valence-corrected chi connectivity index (χ4v) is 3.47. The van der Waals surface area contributed by atoms with Gasteiger partial charge in [0, 0.05) is 26.2 Å². The third-order valence-corrected chi connectivity index (χ3v) is 4.99. The number of rotatable bonds is 6. The number of hydrogen-bond donors (Lipinski definition) is 2. The van der Waals surface area contributed by atoms with Crippen LogP contribution >= 0.6 is 24.0 Å². The standard InChI is InChI=1S/C19H30N4O2.HI/c1-20-19(21-11-12-23(2)15-7-3-4-8-15)22-13-16-14-24-17-9-5-6-10-18(17)25-16;/h5-6,9-10,15-16H,3-4,7-8,11-14H2,1-2H3,(H2,20,21,22);1H. The van der Waals surface area contributed by atoms with E-state index < -0.39 is 0 Å². The largest absolute Gasteiger partial charge is 0.486 e. The summed E-state index contributed by atoms with van der Waals surface area (Å²) in [7, 11) is 4.02. The molecule has 1 aromatic rings. The number of nitrogens with zero attached hydrogens (tertiary/aromatic N) is 2. The number of para-hydroxylation sites is 2. The van der Waals surface area contributed by atoms with Gasteiger partial charge in [0.05, 0.1) is 6.54 Å². The molecule has 1 unspecified atom stereocenters. The van der Waals surface area contributed by atoms with Gasteiger partial charge in [-0.2, -0.15) is 0 Å². The highest BCUT2D eigenvalue weighted by Crippen LogP contribution is 2.30. The maximum Gasteiger partial charge on any atom is 0.191 e. The summed E-state index contributed by atoms with van der Waals surface area (Å²) in [4.78, 5) is 6.75. The van der Waals surface area contributed by atoms with Crippen molar-refractivity contribution in [2.24, 2.45) is 4.99 Å². The molecule has 2 aliphatic rings. The molecule has 7 heteroatoms. The lowest BCUT2D eigenvalue weighted by molar-refractivity contribution is 0.0936. The number of benzene rings is 1. The lowest BCUT2D eigenvalue weighted by Gasteiger charge is -2.27. The molecule has 1 aromatic carbocycles. The third-order valence-electron chi connectivity index (χ3n) is 4.99. The minimum absolute atomic E-state index is 0. The van der Waals surface area contributed by atoms with Crippen LogP contribution in [0.3, 0.4) is 0 Å². The molecule has 1 heterocycles. The predicted molar refractivity (Wildman–Crippen MR) is 116 cm³/mol. The summed E-state index contributed by atoms with van der Waals surface area (Å²) in [5.41, 5.74) is 0. The zero-order chi connectivity index (χ0) is 17.5. The van der Waals surface area contributed by atoms with Crippen LogP contribution in [0.15, 0.2) is 29.3 Å². The fraction of sp³-hybridized carbons (Fsp3) is 0.632. The van der Waals surface area contributed by atoms with Crippen LogP contribution in [0.1, 0.15) is 25.7 Å². The number of aliphatic imine (C=N–C) groups is 1. The fourth-order valence-electron chi connectivity index (χ4n) is 3.47. The van der Waals surface area contributed by atoms with Gasteiger partial charge in [-0.05, 0) is 32.0 Å². The molecule has 6 nitrogen and oxygen atoms in total. The molecule has 2 N–H and O–H groups in total. The molecule has 0 radical (unpaired) electrons. The van der Waals surface area contributed by atoms with Gasteiger partial charge in [0.25, 0.3) is 0 Å². The Morgan fingerprint density at radius 1 is 1.19 bits per heavy atom. The Morgan fingerprint density at radius 3 is 2.65 bits per heavy atom. The van der Waals surface area contributed by atoms with Crippen LogP contribution in [0, 0.1) is 0 Å². The van der Waals surface area contributed by atoms with Crippen molar-refractivity contribution in [1.82, 2.24) is 15.5 Å². The van der Waals surface area contributed by atoms with Crippen molar-refractivity contribution in [3.05, 3.63) is 24.3 Å². The number of likely N-dealkylation sites (N-methyl/N-ethyl adjacent to an activating group) is 1. The monoisotopic (exact) mass is 474 g/mol. The van der Waals surface area contributed by atoms with Crippen LogP contribution in [-0.4, -0.2) is 63.3 Å². The first-order chi connectivity index (χ1) is 12.3. The zero-order valence-electron chi connectivity index (χ0n) is 15.7. The van der Waals surface area contributed by atoms with Gasteiger partial charge in [0.15, 0.2) is 17.5 Å². The van der Waals surface area contributed by atoms with E-state index in [9.17, 15) is 0 Å². The van der Waals surface area contributed by atoms with Crippen molar-refractivity contribution in [3.63, 3.8) is 0 Å². The van der Waals surface area contributed by atoms with Crippen molar-refractivity contribution in [2.45, 2.75) is 37.8 Å². The lowest BCUT2D eigenvalue weighted by atomic mass is 10.2. The molecule has 3 rings (SSSR count). The maximum absolute atomic E-state index is 5.96. The molecule has 0 saturated heterocycles. The van der Waals surface area contributed by atoms with E-state index in [1.165, 1.54) is 25.7 Å². The molecule has 0 amide bonds. The van der Waals surface area contributed by atoms with E-state index in [4.69, 9.17) is 9.47 Å². The van der Waals surface area contributed by atoms with Crippen LogP contribution in [0.4, 0.5) is 0 Å². The Morgan fingerprint density at radius 2 is 1.92 bits per heavy atom. The van der Waals surface area contributed by atoms with E-state index in [0.29, 0.717) is 13.2 Å². The zero-order valence-corrected chi connectivity index (χ0v) is 18.1. The Balaban J connectivity index is 0.00000243. The number of fused-ring (bicyclic) bond motifs is 1. The van der Waals surface area contributed by atoms with Crippen LogP contribution in [-0.2, 0) is 0 Å². The number of halogens is 1. The number of guanidine groups is 1. The Bertz CT molecular complexity index is 578. The Hall–Kier alpha value is -1.22. The van der Waals surface area contributed by atoms with Gasteiger partial charge in [-0.25, -0.2) is 0 Å². The Kier molecular flexibility index (Phi) is 8.77. The molecular weight excluding hydrogens is 443 g/mol. The van der Waals surface area contributed by atoms with Crippen molar-refractivity contribution in [3.8, 4) is 11.5 Å². The molecule has 1 aliphatic heterocycles. The quantitative estimate of drug-likeness (QED) is 0.377. The summed E-state index contributed by atoms with van der Waals surface area (Å²) in [5, 5.41) is 6.71. The van der Waals surface area contributed by atoms with Gasteiger partial charge in [-0.1, -0.05) is 25.0 Å². The van der Waals surface area contributed by atoms with E-state index in [1.807, 2.05) is 24.3 Å². The van der Waals surface area contributed by atoms with Crippen molar-refractivity contribution < 1.29 is 9.47 Å².